The van der Waals surface area contributed by atoms with E-state index >= 15 is 0 Å². The van der Waals surface area contributed by atoms with Crippen molar-refractivity contribution in [3.63, 3.8) is 0 Å². The number of benzene rings is 1. The molecule has 0 aliphatic carbocycles. The minimum Gasteiger partial charge on any atom is -0.418 e. The van der Waals surface area contributed by atoms with Gasteiger partial charge in [0.05, 0.1) is 0 Å². The van der Waals surface area contributed by atoms with Crippen molar-refractivity contribution < 1.29 is 8.81 Å². The predicted octanol–water partition coefficient (Wildman–Crippen LogP) is 3.07. The fourth-order valence-corrected chi connectivity index (χ4v) is 1.70. The molecule has 2 heterocycles. The number of nitrogens with zero attached hydrogens (tertiary/aromatic N) is 2. The van der Waals surface area contributed by atoms with Gasteiger partial charge in [-0.1, -0.05) is 6.07 Å². The van der Waals surface area contributed by atoms with Crippen LogP contribution in [-0.2, 0) is 0 Å². The summed E-state index contributed by atoms with van der Waals surface area (Å²) in [5, 5.41) is 2.92. The van der Waals surface area contributed by atoms with E-state index in [1.807, 2.05) is 0 Å². The molecule has 0 bridgehead atoms. The van der Waals surface area contributed by atoms with Gasteiger partial charge in [-0.25, -0.2) is 9.37 Å². The third-order valence-corrected chi connectivity index (χ3v) is 2.58. The van der Waals surface area contributed by atoms with Gasteiger partial charge in [-0.3, -0.25) is 0 Å². The van der Waals surface area contributed by atoms with Crippen LogP contribution in [0, 0.1) is 5.82 Å². The van der Waals surface area contributed by atoms with Crippen LogP contribution in [0.5, 0.6) is 0 Å². The maximum atomic E-state index is 13.1. The van der Waals surface area contributed by atoms with Gasteiger partial charge < -0.3 is 9.73 Å². The summed E-state index contributed by atoms with van der Waals surface area (Å²) in [5.41, 5.74) is 1.67. The van der Waals surface area contributed by atoms with Crippen molar-refractivity contribution in [1.29, 1.82) is 0 Å². The monoisotopic (exact) mass is 243 g/mol. The first-order valence-corrected chi connectivity index (χ1v) is 5.47. The van der Waals surface area contributed by atoms with Crippen molar-refractivity contribution in [1.82, 2.24) is 9.97 Å². The standard InChI is InChI=1S/C13H10FN3O/c1-15-11-6-5-10-13(17-11)18-12(16-10)8-3-2-4-9(14)7-8/h2-7H,1H3,(H,15,17). The third kappa shape index (κ3) is 1.79. The predicted molar refractivity (Wildman–Crippen MR) is 66.7 cm³/mol. The highest BCUT2D eigenvalue weighted by Crippen LogP contribution is 2.24. The highest BCUT2D eigenvalue weighted by molar-refractivity contribution is 5.74. The second-order valence-corrected chi connectivity index (χ2v) is 3.80. The Kier molecular flexibility index (Phi) is 2.44. The summed E-state index contributed by atoms with van der Waals surface area (Å²) in [6, 6.07) is 9.73. The molecule has 0 unspecified atom stereocenters. The average Bonchev–Trinajstić information content (AvgIpc) is 2.81. The van der Waals surface area contributed by atoms with Crippen LogP contribution in [0.3, 0.4) is 0 Å². The molecule has 0 spiro atoms. The van der Waals surface area contributed by atoms with Crippen LogP contribution in [0.15, 0.2) is 40.8 Å². The number of hydrogen-bond acceptors (Lipinski definition) is 4. The molecule has 0 aliphatic heterocycles. The normalized spacial score (nSPS) is 10.8. The maximum absolute atomic E-state index is 13.1. The highest BCUT2D eigenvalue weighted by atomic mass is 19.1. The molecular weight excluding hydrogens is 233 g/mol. The molecule has 5 heteroatoms. The van der Waals surface area contributed by atoms with Crippen LogP contribution < -0.4 is 5.32 Å². The van der Waals surface area contributed by atoms with Gasteiger partial charge in [-0.2, -0.15) is 4.98 Å². The van der Waals surface area contributed by atoms with Gasteiger partial charge in [-0.05, 0) is 30.3 Å². The molecule has 90 valence electrons. The highest BCUT2D eigenvalue weighted by Gasteiger charge is 2.10. The fourth-order valence-electron chi connectivity index (χ4n) is 1.70. The average molecular weight is 243 g/mol. The number of aromatic nitrogens is 2. The van der Waals surface area contributed by atoms with Crippen molar-refractivity contribution in [2.45, 2.75) is 0 Å². The molecule has 0 atom stereocenters. The van der Waals surface area contributed by atoms with Gasteiger partial charge in [0.15, 0.2) is 0 Å². The Morgan fingerprint density at radius 3 is 2.83 bits per heavy atom. The lowest BCUT2D eigenvalue weighted by atomic mass is 10.2. The Bertz CT molecular complexity index is 708. The first kappa shape index (κ1) is 10.7. The van der Waals surface area contributed by atoms with Crippen molar-refractivity contribution >= 4 is 17.0 Å². The Balaban J connectivity index is 2.13. The summed E-state index contributed by atoms with van der Waals surface area (Å²) in [6.45, 7) is 0. The number of rotatable bonds is 2. The SMILES string of the molecule is CNc1ccc2nc(-c3cccc(F)c3)oc2n1. The third-order valence-electron chi connectivity index (χ3n) is 2.58. The molecule has 0 saturated carbocycles. The number of fused-ring (bicyclic) bond motifs is 1. The van der Waals surface area contributed by atoms with E-state index < -0.39 is 0 Å². The molecule has 0 aliphatic rings. The number of oxazole rings is 1. The fraction of sp³-hybridized carbons (Fsp3) is 0.0769. The summed E-state index contributed by atoms with van der Waals surface area (Å²) in [7, 11) is 1.78. The minimum atomic E-state index is -0.321. The van der Waals surface area contributed by atoms with E-state index in [-0.39, 0.29) is 5.82 Å². The first-order valence-electron chi connectivity index (χ1n) is 5.47. The van der Waals surface area contributed by atoms with Gasteiger partial charge in [0, 0.05) is 12.6 Å². The summed E-state index contributed by atoms with van der Waals surface area (Å²) >= 11 is 0. The molecule has 18 heavy (non-hydrogen) atoms. The molecule has 0 saturated heterocycles. The van der Waals surface area contributed by atoms with Crippen molar-refractivity contribution in [2.24, 2.45) is 0 Å². The van der Waals surface area contributed by atoms with E-state index in [2.05, 4.69) is 15.3 Å². The van der Waals surface area contributed by atoms with E-state index in [0.717, 1.165) is 0 Å². The van der Waals surface area contributed by atoms with E-state index in [1.54, 1.807) is 31.3 Å². The number of halogens is 1. The summed E-state index contributed by atoms with van der Waals surface area (Å²) in [6.07, 6.45) is 0. The van der Waals surface area contributed by atoms with Crippen LogP contribution >= 0.6 is 0 Å². The molecule has 0 radical (unpaired) electrons. The number of pyridine rings is 1. The second-order valence-electron chi connectivity index (χ2n) is 3.80. The topological polar surface area (TPSA) is 51.0 Å². The summed E-state index contributed by atoms with van der Waals surface area (Å²) in [5.74, 6) is 0.744. The van der Waals surface area contributed by atoms with Crippen LogP contribution in [-0.4, -0.2) is 17.0 Å². The zero-order valence-electron chi connectivity index (χ0n) is 9.64. The maximum Gasteiger partial charge on any atom is 0.249 e. The van der Waals surface area contributed by atoms with Gasteiger partial charge in [0.1, 0.15) is 17.2 Å². The Hall–Kier alpha value is -2.43. The molecule has 0 amide bonds. The number of hydrogen-bond donors (Lipinski definition) is 1. The van der Waals surface area contributed by atoms with E-state index in [0.29, 0.717) is 28.5 Å². The molecular formula is C13H10FN3O. The molecule has 2 aromatic heterocycles. The van der Waals surface area contributed by atoms with Crippen LogP contribution in [0.4, 0.5) is 10.2 Å². The van der Waals surface area contributed by atoms with Crippen molar-refractivity contribution in [3.05, 3.63) is 42.2 Å². The zero-order valence-corrected chi connectivity index (χ0v) is 9.64. The van der Waals surface area contributed by atoms with E-state index in [9.17, 15) is 4.39 Å². The molecule has 4 nitrogen and oxygen atoms in total. The van der Waals surface area contributed by atoms with Gasteiger partial charge in [0.25, 0.3) is 0 Å². The smallest absolute Gasteiger partial charge is 0.249 e. The quantitative estimate of drug-likeness (QED) is 0.751. The largest absolute Gasteiger partial charge is 0.418 e. The first-order chi connectivity index (χ1) is 8.76. The second kappa shape index (κ2) is 4.10. The molecule has 3 aromatic rings. The summed E-state index contributed by atoms with van der Waals surface area (Å²) in [4.78, 5) is 8.50. The van der Waals surface area contributed by atoms with Crippen molar-refractivity contribution in [3.8, 4) is 11.5 Å². The van der Waals surface area contributed by atoms with Crippen molar-refractivity contribution in [2.75, 3.05) is 12.4 Å². The Labute approximate surface area is 102 Å². The zero-order chi connectivity index (χ0) is 12.5. The Morgan fingerprint density at radius 1 is 1.17 bits per heavy atom. The lowest BCUT2D eigenvalue weighted by Gasteiger charge is -1.95. The number of nitrogens with one attached hydrogen (secondary N) is 1. The van der Waals surface area contributed by atoms with E-state index in [1.165, 1.54) is 12.1 Å². The molecule has 3 rings (SSSR count). The van der Waals surface area contributed by atoms with Gasteiger partial charge in [0.2, 0.25) is 11.6 Å². The van der Waals surface area contributed by atoms with Gasteiger partial charge in [-0.15, -0.1) is 0 Å². The lowest BCUT2D eigenvalue weighted by Crippen LogP contribution is -1.90. The lowest BCUT2D eigenvalue weighted by molar-refractivity contribution is 0.603. The van der Waals surface area contributed by atoms with Crippen LogP contribution in [0.2, 0.25) is 0 Å². The Morgan fingerprint density at radius 2 is 2.06 bits per heavy atom. The van der Waals surface area contributed by atoms with Crippen LogP contribution in [0.1, 0.15) is 0 Å². The van der Waals surface area contributed by atoms with E-state index in [4.69, 9.17) is 4.42 Å². The van der Waals surface area contributed by atoms with Crippen LogP contribution in [0.25, 0.3) is 22.7 Å². The number of anilines is 1. The summed E-state index contributed by atoms with van der Waals surface area (Å²) < 4.78 is 18.7. The minimum absolute atomic E-state index is 0.321. The van der Waals surface area contributed by atoms with Gasteiger partial charge >= 0.3 is 0 Å². The molecule has 1 N–H and O–H groups in total. The molecule has 0 fully saturated rings. The molecule has 1 aromatic carbocycles.